The number of benzene rings is 2. The van der Waals surface area contributed by atoms with Crippen LogP contribution in [0.4, 0.5) is 0 Å². The van der Waals surface area contributed by atoms with Gasteiger partial charge in [-0.05, 0) is 18.6 Å². The molecule has 0 radical (unpaired) electrons. The number of hydrogen-bond donors (Lipinski definition) is 0. The highest BCUT2D eigenvalue weighted by molar-refractivity contribution is 6.07. The van der Waals surface area contributed by atoms with Crippen LogP contribution in [0.5, 0.6) is 0 Å². The molecule has 3 aromatic rings. The fourth-order valence-corrected chi connectivity index (χ4v) is 2.76. The molecule has 2 aromatic carbocycles. The van der Waals surface area contributed by atoms with Crippen molar-refractivity contribution < 1.29 is 0 Å². The number of hydrogen-bond acceptors (Lipinski definition) is 0. The van der Waals surface area contributed by atoms with Crippen LogP contribution >= 0.6 is 0 Å². The highest BCUT2D eigenvalue weighted by Crippen LogP contribution is 2.28. The van der Waals surface area contributed by atoms with Crippen molar-refractivity contribution in [3.05, 3.63) is 48.5 Å². The minimum atomic E-state index is 1.13. The lowest BCUT2D eigenvalue weighted by molar-refractivity contribution is 0.627. The average Bonchev–Trinajstić information content (AvgIpc) is 2.74. The zero-order valence-electron chi connectivity index (χ0n) is 10.9. The van der Waals surface area contributed by atoms with Gasteiger partial charge < -0.3 is 4.57 Å². The largest absolute Gasteiger partial charge is 0.340 e. The summed E-state index contributed by atoms with van der Waals surface area (Å²) in [4.78, 5) is 0. The first kappa shape index (κ1) is 11.3. The van der Waals surface area contributed by atoms with E-state index in [9.17, 15) is 0 Å². The minimum Gasteiger partial charge on any atom is -0.340 e. The first-order valence-electron chi connectivity index (χ1n) is 6.88. The van der Waals surface area contributed by atoms with Crippen LogP contribution in [0.2, 0.25) is 0 Å². The normalized spacial score (nSPS) is 11.4. The van der Waals surface area contributed by atoms with Crippen molar-refractivity contribution in [2.45, 2.75) is 32.7 Å². The number of aryl methyl sites for hydroxylation is 1. The molecule has 1 aromatic heterocycles. The first-order valence-corrected chi connectivity index (χ1v) is 6.88. The second-order valence-electron chi connectivity index (χ2n) is 4.89. The Balaban J connectivity index is 2.18. The summed E-state index contributed by atoms with van der Waals surface area (Å²) in [5.41, 5.74) is 2.74. The van der Waals surface area contributed by atoms with E-state index < -0.39 is 0 Å². The van der Waals surface area contributed by atoms with Gasteiger partial charge in [-0.25, -0.2) is 0 Å². The lowest BCUT2D eigenvalue weighted by Gasteiger charge is -2.06. The van der Waals surface area contributed by atoms with Gasteiger partial charge in [0.1, 0.15) is 0 Å². The summed E-state index contributed by atoms with van der Waals surface area (Å²) in [7, 11) is 0. The second-order valence-corrected chi connectivity index (χ2v) is 4.89. The molecule has 0 aliphatic carbocycles. The molecule has 1 nitrogen and oxygen atoms in total. The third kappa shape index (κ3) is 1.80. The summed E-state index contributed by atoms with van der Waals surface area (Å²) in [6, 6.07) is 17.5. The molecule has 3 rings (SSSR count). The molecule has 0 saturated carbocycles. The van der Waals surface area contributed by atoms with Gasteiger partial charge in [-0.2, -0.15) is 0 Å². The van der Waals surface area contributed by atoms with Gasteiger partial charge in [0.2, 0.25) is 0 Å². The van der Waals surface area contributed by atoms with E-state index in [4.69, 9.17) is 0 Å². The Hall–Kier alpha value is -1.76. The number of aromatic nitrogens is 1. The Bertz CT molecular complexity index is 610. The average molecular weight is 237 g/mol. The molecule has 0 amide bonds. The molecule has 0 atom stereocenters. The zero-order chi connectivity index (χ0) is 12.4. The van der Waals surface area contributed by atoms with Crippen molar-refractivity contribution in [2.24, 2.45) is 0 Å². The van der Waals surface area contributed by atoms with Gasteiger partial charge in [-0.1, -0.05) is 56.2 Å². The van der Waals surface area contributed by atoms with Gasteiger partial charge in [0.15, 0.2) is 0 Å². The van der Waals surface area contributed by atoms with Gasteiger partial charge >= 0.3 is 0 Å². The van der Waals surface area contributed by atoms with Crippen LogP contribution in [0.15, 0.2) is 48.5 Å². The highest BCUT2D eigenvalue weighted by Gasteiger charge is 2.08. The molecule has 1 heteroatoms. The summed E-state index contributed by atoms with van der Waals surface area (Å²) < 4.78 is 2.47. The quantitative estimate of drug-likeness (QED) is 0.564. The Morgan fingerprint density at radius 1 is 0.778 bits per heavy atom. The number of rotatable bonds is 4. The summed E-state index contributed by atoms with van der Waals surface area (Å²) in [6.45, 7) is 3.38. The van der Waals surface area contributed by atoms with Crippen molar-refractivity contribution in [1.29, 1.82) is 0 Å². The minimum absolute atomic E-state index is 1.13. The van der Waals surface area contributed by atoms with Crippen LogP contribution < -0.4 is 0 Å². The summed E-state index contributed by atoms with van der Waals surface area (Å²) in [6.07, 6.45) is 3.84. The maximum atomic E-state index is 2.47. The Kier molecular flexibility index (Phi) is 3.06. The smallest absolute Gasteiger partial charge is 0.0491 e. The predicted molar refractivity (Wildman–Crippen MR) is 79.0 cm³/mol. The van der Waals surface area contributed by atoms with Crippen LogP contribution in [-0.4, -0.2) is 4.57 Å². The maximum Gasteiger partial charge on any atom is 0.0491 e. The Labute approximate surface area is 108 Å². The van der Waals surface area contributed by atoms with E-state index in [1.807, 2.05) is 0 Å². The van der Waals surface area contributed by atoms with Crippen molar-refractivity contribution >= 4 is 21.8 Å². The number of fused-ring (bicyclic) bond motifs is 3. The topological polar surface area (TPSA) is 4.93 Å². The third-order valence-electron chi connectivity index (χ3n) is 3.67. The molecule has 0 N–H and O–H groups in total. The SMILES string of the molecule is CCCCCn1c2ccccc2c2ccccc21. The van der Waals surface area contributed by atoms with E-state index in [0.717, 1.165) is 6.54 Å². The molecule has 1 heterocycles. The molecule has 0 saturated heterocycles. The molecule has 0 spiro atoms. The summed E-state index contributed by atoms with van der Waals surface area (Å²) in [5.74, 6) is 0. The fourth-order valence-electron chi connectivity index (χ4n) is 2.76. The Morgan fingerprint density at radius 3 is 1.89 bits per heavy atom. The molecule has 0 aliphatic rings. The second kappa shape index (κ2) is 4.85. The van der Waals surface area contributed by atoms with E-state index >= 15 is 0 Å². The Morgan fingerprint density at radius 2 is 1.33 bits per heavy atom. The van der Waals surface area contributed by atoms with Gasteiger partial charge in [0.25, 0.3) is 0 Å². The van der Waals surface area contributed by atoms with E-state index in [1.165, 1.54) is 41.1 Å². The standard InChI is InChI=1S/C17H19N/c1-2-3-8-13-18-16-11-6-4-9-14(16)15-10-5-7-12-17(15)18/h4-7,9-12H,2-3,8,13H2,1H3. The van der Waals surface area contributed by atoms with E-state index in [-0.39, 0.29) is 0 Å². The summed E-state index contributed by atoms with van der Waals surface area (Å²) in [5, 5.41) is 2.76. The molecule has 0 unspecified atom stereocenters. The maximum absolute atomic E-state index is 2.47. The molecular formula is C17H19N. The van der Waals surface area contributed by atoms with Crippen molar-refractivity contribution in [1.82, 2.24) is 4.57 Å². The molecule has 0 aliphatic heterocycles. The van der Waals surface area contributed by atoms with E-state index in [2.05, 4.69) is 60.0 Å². The fraction of sp³-hybridized carbons (Fsp3) is 0.294. The van der Waals surface area contributed by atoms with Crippen molar-refractivity contribution in [3.63, 3.8) is 0 Å². The van der Waals surface area contributed by atoms with Crippen molar-refractivity contribution in [3.8, 4) is 0 Å². The van der Waals surface area contributed by atoms with Crippen LogP contribution in [0.1, 0.15) is 26.2 Å². The summed E-state index contributed by atoms with van der Waals surface area (Å²) >= 11 is 0. The molecule has 18 heavy (non-hydrogen) atoms. The third-order valence-corrected chi connectivity index (χ3v) is 3.67. The highest BCUT2D eigenvalue weighted by atomic mass is 15.0. The van der Waals surface area contributed by atoms with Crippen LogP contribution in [0, 0.1) is 0 Å². The van der Waals surface area contributed by atoms with E-state index in [1.54, 1.807) is 0 Å². The molecule has 0 bridgehead atoms. The van der Waals surface area contributed by atoms with Crippen molar-refractivity contribution in [2.75, 3.05) is 0 Å². The zero-order valence-corrected chi connectivity index (χ0v) is 10.9. The number of nitrogens with zero attached hydrogens (tertiary/aromatic N) is 1. The van der Waals surface area contributed by atoms with Crippen LogP contribution in [0.3, 0.4) is 0 Å². The predicted octanol–water partition coefficient (Wildman–Crippen LogP) is 4.98. The van der Waals surface area contributed by atoms with Gasteiger partial charge in [-0.15, -0.1) is 0 Å². The lowest BCUT2D eigenvalue weighted by Crippen LogP contribution is -1.97. The monoisotopic (exact) mass is 237 g/mol. The first-order chi connectivity index (χ1) is 8.92. The van der Waals surface area contributed by atoms with Gasteiger partial charge in [-0.3, -0.25) is 0 Å². The molecule has 92 valence electrons. The van der Waals surface area contributed by atoms with Gasteiger partial charge in [0, 0.05) is 28.4 Å². The van der Waals surface area contributed by atoms with Gasteiger partial charge in [0.05, 0.1) is 0 Å². The number of unbranched alkanes of at least 4 members (excludes halogenated alkanes) is 2. The number of para-hydroxylation sites is 2. The van der Waals surface area contributed by atoms with E-state index in [0.29, 0.717) is 0 Å². The van der Waals surface area contributed by atoms with Crippen LogP contribution in [-0.2, 0) is 6.54 Å². The molecular weight excluding hydrogens is 218 g/mol. The molecule has 0 fully saturated rings. The van der Waals surface area contributed by atoms with Crippen LogP contribution in [0.25, 0.3) is 21.8 Å². The lowest BCUT2D eigenvalue weighted by atomic mass is 10.2.